The second-order valence-electron chi connectivity index (χ2n) is 6.16. The number of aliphatic hydroxyl groups is 1. The van der Waals surface area contributed by atoms with Crippen molar-refractivity contribution >= 4 is 11.6 Å². The van der Waals surface area contributed by atoms with Crippen molar-refractivity contribution in [3.63, 3.8) is 0 Å². The van der Waals surface area contributed by atoms with Crippen molar-refractivity contribution in [2.45, 2.75) is 13.2 Å². The van der Waals surface area contributed by atoms with Gasteiger partial charge in [-0.15, -0.1) is 0 Å². The number of carbonyl (C=O) groups is 1. The summed E-state index contributed by atoms with van der Waals surface area (Å²) in [5, 5.41) is 29.2. The van der Waals surface area contributed by atoms with E-state index in [1.54, 1.807) is 25.1 Å². The van der Waals surface area contributed by atoms with Crippen LogP contribution in [0.1, 0.15) is 27.8 Å². The number of nitrogens with zero attached hydrogens (tertiary/aromatic N) is 3. The molecule has 2 heterocycles. The van der Waals surface area contributed by atoms with E-state index in [0.717, 1.165) is 10.1 Å². The van der Waals surface area contributed by atoms with Crippen molar-refractivity contribution in [2.75, 3.05) is 12.4 Å². The molecule has 10 heteroatoms. The summed E-state index contributed by atoms with van der Waals surface area (Å²) in [7, 11) is 2.96. The predicted molar refractivity (Wildman–Crippen MR) is 99.8 cm³/mol. The van der Waals surface area contributed by atoms with Crippen molar-refractivity contribution in [3.05, 3.63) is 57.8 Å². The zero-order chi connectivity index (χ0) is 20.4. The molecule has 2 aromatic heterocycles. The lowest BCUT2D eigenvalue weighted by molar-refractivity contribution is 0.0963. The lowest BCUT2D eigenvalue weighted by Gasteiger charge is -2.17. The summed E-state index contributed by atoms with van der Waals surface area (Å²) in [4.78, 5) is 28.7. The fraction of sp³-hybridized carbons (Fsp3) is 0.222. The fourth-order valence-electron chi connectivity index (χ4n) is 2.75. The quantitative estimate of drug-likeness (QED) is 0.475. The van der Waals surface area contributed by atoms with Crippen LogP contribution in [0.3, 0.4) is 0 Å². The van der Waals surface area contributed by atoms with Crippen LogP contribution >= 0.6 is 0 Å². The maximum absolute atomic E-state index is 12.5. The maximum Gasteiger partial charge on any atom is 0.296 e. The first-order chi connectivity index (χ1) is 13.3. The summed E-state index contributed by atoms with van der Waals surface area (Å²) >= 11 is 0. The highest BCUT2D eigenvalue weighted by molar-refractivity contribution is 5.95. The molecule has 4 N–H and O–H groups in total. The predicted octanol–water partition coefficient (Wildman–Crippen LogP) is 0.912. The number of anilines is 1. The highest BCUT2D eigenvalue weighted by Gasteiger charge is 2.22. The molecule has 3 rings (SSSR count). The molecule has 0 bridgehead atoms. The minimum absolute atomic E-state index is 0.179. The highest BCUT2D eigenvalue weighted by atomic mass is 16.5. The van der Waals surface area contributed by atoms with Crippen LogP contribution < -0.4 is 16.2 Å². The molecule has 0 aliphatic carbocycles. The van der Waals surface area contributed by atoms with Crippen LogP contribution in [0.4, 0.5) is 5.69 Å². The zero-order valence-electron chi connectivity index (χ0n) is 15.4. The van der Waals surface area contributed by atoms with Gasteiger partial charge in [-0.2, -0.15) is 0 Å². The van der Waals surface area contributed by atoms with Gasteiger partial charge in [-0.3, -0.25) is 14.2 Å². The lowest BCUT2D eigenvalue weighted by atomic mass is 10.0. The third kappa shape index (κ3) is 3.58. The number of amides is 1. The molecule has 0 radical (unpaired) electrons. The smallest absolute Gasteiger partial charge is 0.296 e. The van der Waals surface area contributed by atoms with Crippen molar-refractivity contribution in [3.8, 4) is 17.1 Å². The van der Waals surface area contributed by atoms with Gasteiger partial charge in [-0.25, -0.2) is 4.98 Å². The Labute approximate surface area is 159 Å². The molecule has 0 fully saturated rings. The number of aromatic nitrogens is 3. The van der Waals surface area contributed by atoms with Crippen LogP contribution in [-0.4, -0.2) is 37.9 Å². The first kappa shape index (κ1) is 19.1. The normalized spacial score (nSPS) is 11.9. The monoisotopic (exact) mass is 385 g/mol. The summed E-state index contributed by atoms with van der Waals surface area (Å²) in [5.41, 5.74) is 0.995. The van der Waals surface area contributed by atoms with Crippen LogP contribution in [0.5, 0.6) is 5.75 Å². The van der Waals surface area contributed by atoms with Gasteiger partial charge in [-0.1, -0.05) is 5.16 Å². The van der Waals surface area contributed by atoms with Gasteiger partial charge in [0.05, 0.1) is 11.9 Å². The van der Waals surface area contributed by atoms with Gasteiger partial charge in [0.25, 0.3) is 11.5 Å². The molecule has 28 heavy (non-hydrogen) atoms. The van der Waals surface area contributed by atoms with Gasteiger partial charge < -0.3 is 25.4 Å². The molecule has 10 nitrogen and oxygen atoms in total. The van der Waals surface area contributed by atoms with E-state index in [1.807, 2.05) is 0 Å². The molecule has 3 aromatic rings. The molecule has 0 aliphatic heterocycles. The number of aromatic hydroxyl groups is 1. The molecule has 1 unspecified atom stereocenters. The van der Waals surface area contributed by atoms with E-state index in [2.05, 4.69) is 25.3 Å². The molecular formula is C18H19N5O5. The zero-order valence-corrected chi connectivity index (χ0v) is 15.4. The van der Waals surface area contributed by atoms with Crippen LogP contribution in [0.15, 0.2) is 40.0 Å². The highest BCUT2D eigenvalue weighted by Crippen LogP contribution is 2.26. The summed E-state index contributed by atoms with van der Waals surface area (Å²) < 4.78 is 5.81. The Bertz CT molecular complexity index is 1070. The van der Waals surface area contributed by atoms with E-state index in [-0.39, 0.29) is 17.4 Å². The number of hydrogen-bond acceptors (Lipinski definition) is 8. The number of aliphatic hydroxyl groups excluding tert-OH is 1. The third-order valence-corrected chi connectivity index (χ3v) is 4.11. The summed E-state index contributed by atoms with van der Waals surface area (Å²) in [6, 6.07) is 5.02. The van der Waals surface area contributed by atoms with Gasteiger partial charge in [0.2, 0.25) is 5.75 Å². The van der Waals surface area contributed by atoms with Crippen LogP contribution in [0.25, 0.3) is 11.4 Å². The van der Waals surface area contributed by atoms with Gasteiger partial charge in [0.1, 0.15) is 17.8 Å². The van der Waals surface area contributed by atoms with E-state index in [4.69, 9.17) is 0 Å². The molecule has 146 valence electrons. The average molecular weight is 385 g/mol. The van der Waals surface area contributed by atoms with E-state index in [0.29, 0.717) is 16.8 Å². The Morgan fingerprint density at radius 2 is 2.07 bits per heavy atom. The van der Waals surface area contributed by atoms with Gasteiger partial charge in [-0.05, 0) is 30.7 Å². The van der Waals surface area contributed by atoms with Gasteiger partial charge >= 0.3 is 0 Å². The van der Waals surface area contributed by atoms with Gasteiger partial charge in [0.15, 0.2) is 6.23 Å². The first-order valence-electron chi connectivity index (χ1n) is 8.29. The van der Waals surface area contributed by atoms with Crippen molar-refractivity contribution in [2.24, 2.45) is 7.05 Å². The molecule has 1 atom stereocenters. The number of carbonyl (C=O) groups excluding carboxylic acids is 1. The number of benzene rings is 1. The SMILES string of the molecule is CNC(=O)c1cc(C)cc(-c2nc(C(O)Nc3cnoc3)c(O)c(=O)n2C)c1. The Kier molecular flexibility index (Phi) is 5.14. The second-order valence-corrected chi connectivity index (χ2v) is 6.16. The Balaban J connectivity index is 2.12. The summed E-state index contributed by atoms with van der Waals surface area (Å²) in [6.45, 7) is 1.80. The number of hydrogen-bond donors (Lipinski definition) is 4. The molecule has 0 spiro atoms. The molecule has 0 saturated heterocycles. The minimum Gasteiger partial charge on any atom is -0.502 e. The third-order valence-electron chi connectivity index (χ3n) is 4.11. The van der Waals surface area contributed by atoms with Crippen molar-refractivity contribution < 1.29 is 19.5 Å². The minimum atomic E-state index is -1.49. The van der Waals surface area contributed by atoms with E-state index in [9.17, 15) is 19.8 Å². The maximum atomic E-state index is 12.5. The first-order valence-corrected chi connectivity index (χ1v) is 8.29. The molecular weight excluding hydrogens is 366 g/mol. The Hall–Kier alpha value is -3.66. The Morgan fingerprint density at radius 3 is 2.71 bits per heavy atom. The molecule has 1 amide bonds. The second kappa shape index (κ2) is 7.53. The van der Waals surface area contributed by atoms with Crippen LogP contribution in [0, 0.1) is 6.92 Å². The van der Waals surface area contributed by atoms with Crippen molar-refractivity contribution in [1.82, 2.24) is 20.0 Å². The van der Waals surface area contributed by atoms with E-state index in [1.165, 1.54) is 26.6 Å². The van der Waals surface area contributed by atoms with Crippen LogP contribution in [0.2, 0.25) is 0 Å². The number of aryl methyl sites for hydroxylation is 1. The van der Waals surface area contributed by atoms with Gasteiger partial charge in [0, 0.05) is 25.2 Å². The van der Waals surface area contributed by atoms with Crippen LogP contribution in [-0.2, 0) is 7.05 Å². The average Bonchev–Trinajstić information content (AvgIpc) is 3.18. The molecule has 0 saturated carbocycles. The summed E-state index contributed by atoms with van der Waals surface area (Å²) in [5.74, 6) is -0.803. The topological polar surface area (TPSA) is 143 Å². The Morgan fingerprint density at radius 1 is 1.32 bits per heavy atom. The lowest BCUT2D eigenvalue weighted by Crippen LogP contribution is -2.24. The van der Waals surface area contributed by atoms with E-state index >= 15 is 0 Å². The molecule has 1 aromatic carbocycles. The standard InChI is InChI=1S/C18H19N5O5/c1-9-4-10(6-11(5-9)16(25)19-2)15-22-13(14(24)18(27)23(15)3)17(26)21-12-7-20-28-8-12/h4-8,17,21,24,26H,1-3H3,(H,19,25). The van der Waals surface area contributed by atoms with E-state index < -0.39 is 17.5 Å². The largest absolute Gasteiger partial charge is 0.502 e. The number of rotatable bonds is 5. The summed E-state index contributed by atoms with van der Waals surface area (Å²) in [6.07, 6.45) is 1.08. The fourth-order valence-corrected chi connectivity index (χ4v) is 2.75. The molecule has 0 aliphatic rings. The van der Waals surface area contributed by atoms with Crippen molar-refractivity contribution in [1.29, 1.82) is 0 Å². The number of nitrogens with one attached hydrogen (secondary N) is 2.